The van der Waals surface area contributed by atoms with Crippen LogP contribution in [0.15, 0.2) is 58.6 Å². The number of nitrogens with zero attached hydrogens (tertiary/aromatic N) is 3. The summed E-state index contributed by atoms with van der Waals surface area (Å²) in [5.41, 5.74) is 2.56. The number of hydrogen-bond donors (Lipinski definition) is 0. The van der Waals surface area contributed by atoms with Crippen LogP contribution in [0.3, 0.4) is 0 Å². The number of aryl methyl sites for hydroxylation is 1. The number of para-hydroxylation sites is 1. The molecular weight excluding hydrogens is 414 g/mol. The summed E-state index contributed by atoms with van der Waals surface area (Å²) in [6.07, 6.45) is 2.96. The fraction of sp³-hybridized carbons (Fsp3) is 0.304. The fourth-order valence-corrected chi connectivity index (χ4v) is 4.66. The zero-order valence-electron chi connectivity index (χ0n) is 17.6. The van der Waals surface area contributed by atoms with Gasteiger partial charge in [-0.3, -0.25) is 19.0 Å². The van der Waals surface area contributed by atoms with Gasteiger partial charge < -0.3 is 9.64 Å². The molecule has 0 N–H and O–H groups in total. The highest BCUT2D eigenvalue weighted by Crippen LogP contribution is 2.46. The van der Waals surface area contributed by atoms with Crippen LogP contribution < -0.4 is 10.5 Å². The van der Waals surface area contributed by atoms with Crippen molar-refractivity contribution in [3.8, 4) is 0 Å². The molecule has 160 valence electrons. The molecule has 0 amide bonds. The average molecular weight is 438 g/mol. The first-order valence-corrected chi connectivity index (χ1v) is 10.8. The first-order valence-electron chi connectivity index (χ1n) is 9.95. The maximum Gasteiger partial charge on any atom is 0.308 e. The predicted octanol–water partition coefficient (Wildman–Crippen LogP) is 3.27. The SMILES string of the molecule is CN1/C(=C\C(=O)COC(=O)CCn2cnc3sccc3c2=O)C(C)(C)c2ccccc21. The van der Waals surface area contributed by atoms with E-state index < -0.39 is 5.97 Å². The van der Waals surface area contributed by atoms with E-state index in [1.54, 1.807) is 17.5 Å². The van der Waals surface area contributed by atoms with Gasteiger partial charge in [-0.2, -0.15) is 0 Å². The lowest BCUT2D eigenvalue weighted by molar-refractivity contribution is -0.147. The number of ketones is 1. The van der Waals surface area contributed by atoms with Crippen molar-refractivity contribution in [1.29, 1.82) is 0 Å². The topological polar surface area (TPSA) is 81.5 Å². The van der Waals surface area contributed by atoms with Crippen molar-refractivity contribution in [3.05, 3.63) is 69.7 Å². The van der Waals surface area contributed by atoms with Gasteiger partial charge in [0.2, 0.25) is 0 Å². The van der Waals surface area contributed by atoms with Gasteiger partial charge in [-0.05, 0) is 23.1 Å². The summed E-state index contributed by atoms with van der Waals surface area (Å²) in [6, 6.07) is 9.75. The third kappa shape index (κ3) is 3.90. The number of thiophene rings is 1. The molecule has 8 heteroatoms. The van der Waals surface area contributed by atoms with E-state index >= 15 is 0 Å². The second-order valence-electron chi connectivity index (χ2n) is 7.99. The van der Waals surface area contributed by atoms with Gasteiger partial charge in [-0.25, -0.2) is 4.98 Å². The standard InChI is InChI=1S/C23H23N3O4S/c1-23(2)17-6-4-5-7-18(17)25(3)19(23)12-15(27)13-30-20(28)8-10-26-14-24-21-16(22(26)29)9-11-31-21/h4-7,9,11-12,14H,8,10,13H2,1-3H3/b19-12-. The van der Waals surface area contributed by atoms with Crippen LogP contribution in [-0.4, -0.2) is 35.0 Å². The Morgan fingerprint density at radius 2 is 2.00 bits per heavy atom. The molecule has 2 aromatic heterocycles. The monoisotopic (exact) mass is 437 g/mol. The second-order valence-corrected chi connectivity index (χ2v) is 8.88. The van der Waals surface area contributed by atoms with Crippen molar-refractivity contribution >= 4 is 39.0 Å². The maximum atomic E-state index is 12.5. The number of esters is 1. The summed E-state index contributed by atoms with van der Waals surface area (Å²) in [6.45, 7) is 3.95. The number of carbonyl (C=O) groups excluding carboxylic acids is 2. The molecule has 7 nitrogen and oxygen atoms in total. The van der Waals surface area contributed by atoms with E-state index in [-0.39, 0.29) is 36.3 Å². The Balaban J connectivity index is 1.36. The van der Waals surface area contributed by atoms with Crippen molar-refractivity contribution < 1.29 is 14.3 Å². The van der Waals surface area contributed by atoms with Crippen LogP contribution in [0.1, 0.15) is 25.8 Å². The Morgan fingerprint density at radius 1 is 1.23 bits per heavy atom. The van der Waals surface area contributed by atoms with Gasteiger partial charge in [-0.15, -0.1) is 11.3 Å². The van der Waals surface area contributed by atoms with E-state index in [9.17, 15) is 14.4 Å². The number of allylic oxidation sites excluding steroid dienone is 1. The third-order valence-corrected chi connectivity index (χ3v) is 6.44. The molecule has 0 atom stereocenters. The maximum absolute atomic E-state index is 12.5. The Labute approximate surface area is 183 Å². The van der Waals surface area contributed by atoms with Gasteiger partial charge in [0, 0.05) is 36.5 Å². The van der Waals surface area contributed by atoms with Crippen molar-refractivity contribution in [2.24, 2.45) is 0 Å². The Bertz CT molecular complexity index is 1250. The normalized spacial score (nSPS) is 16.0. The second kappa shape index (κ2) is 8.11. The quantitative estimate of drug-likeness (QED) is 0.435. The molecule has 0 aliphatic carbocycles. The van der Waals surface area contributed by atoms with Crippen molar-refractivity contribution in [2.45, 2.75) is 32.2 Å². The van der Waals surface area contributed by atoms with Crippen LogP contribution in [0, 0.1) is 0 Å². The van der Waals surface area contributed by atoms with E-state index in [4.69, 9.17) is 4.74 Å². The molecule has 0 bridgehead atoms. The summed E-state index contributed by atoms with van der Waals surface area (Å²) < 4.78 is 6.53. The molecule has 0 unspecified atom stereocenters. The average Bonchev–Trinajstić information content (AvgIpc) is 3.30. The summed E-state index contributed by atoms with van der Waals surface area (Å²) in [7, 11) is 1.93. The number of benzene rings is 1. The molecule has 31 heavy (non-hydrogen) atoms. The molecule has 3 aromatic rings. The van der Waals surface area contributed by atoms with E-state index in [2.05, 4.69) is 24.9 Å². The van der Waals surface area contributed by atoms with Gasteiger partial charge in [0.15, 0.2) is 12.4 Å². The molecular formula is C23H23N3O4S. The molecule has 1 aliphatic rings. The van der Waals surface area contributed by atoms with E-state index in [1.165, 1.54) is 22.2 Å². The van der Waals surface area contributed by atoms with E-state index in [0.29, 0.717) is 10.2 Å². The van der Waals surface area contributed by atoms with Crippen molar-refractivity contribution in [3.63, 3.8) is 0 Å². The van der Waals surface area contributed by atoms with E-state index in [0.717, 1.165) is 16.9 Å². The number of fused-ring (bicyclic) bond motifs is 2. The Morgan fingerprint density at radius 3 is 2.77 bits per heavy atom. The fourth-order valence-electron chi connectivity index (χ4n) is 3.94. The van der Waals surface area contributed by atoms with Crippen LogP contribution in [0.4, 0.5) is 5.69 Å². The van der Waals surface area contributed by atoms with Crippen LogP contribution in [-0.2, 0) is 26.3 Å². The molecule has 0 saturated heterocycles. The van der Waals surface area contributed by atoms with Crippen LogP contribution in [0.2, 0.25) is 0 Å². The Kier molecular flexibility index (Phi) is 5.49. The summed E-state index contributed by atoms with van der Waals surface area (Å²) >= 11 is 1.39. The number of likely N-dealkylation sites (N-methyl/N-ethyl adjacent to an activating group) is 1. The zero-order valence-corrected chi connectivity index (χ0v) is 18.4. The van der Waals surface area contributed by atoms with Gasteiger partial charge >= 0.3 is 5.97 Å². The van der Waals surface area contributed by atoms with Crippen molar-refractivity contribution in [1.82, 2.24) is 9.55 Å². The number of anilines is 1. The van der Waals surface area contributed by atoms with Crippen molar-refractivity contribution in [2.75, 3.05) is 18.6 Å². The minimum Gasteiger partial charge on any atom is -0.457 e. The van der Waals surface area contributed by atoms with Crippen LogP contribution in [0.5, 0.6) is 0 Å². The van der Waals surface area contributed by atoms with Gasteiger partial charge in [0.1, 0.15) is 4.83 Å². The van der Waals surface area contributed by atoms with Crippen LogP contribution in [0.25, 0.3) is 10.2 Å². The summed E-state index contributed by atoms with van der Waals surface area (Å²) in [5, 5.41) is 2.34. The highest BCUT2D eigenvalue weighted by molar-refractivity contribution is 7.16. The van der Waals surface area contributed by atoms with Gasteiger partial charge in [0.25, 0.3) is 5.56 Å². The molecule has 0 spiro atoms. The molecule has 1 aromatic carbocycles. The summed E-state index contributed by atoms with van der Waals surface area (Å²) in [4.78, 5) is 43.8. The number of rotatable bonds is 6. The summed E-state index contributed by atoms with van der Waals surface area (Å²) in [5.74, 6) is -0.819. The molecule has 4 rings (SSSR count). The molecule has 1 aliphatic heterocycles. The highest BCUT2D eigenvalue weighted by Gasteiger charge is 2.38. The van der Waals surface area contributed by atoms with Crippen LogP contribution >= 0.6 is 11.3 Å². The largest absolute Gasteiger partial charge is 0.457 e. The molecule has 0 saturated carbocycles. The third-order valence-electron chi connectivity index (χ3n) is 5.62. The number of aromatic nitrogens is 2. The molecule has 3 heterocycles. The number of ether oxygens (including phenoxy) is 1. The zero-order chi connectivity index (χ0) is 22.2. The lowest BCUT2D eigenvalue weighted by Crippen LogP contribution is -2.25. The smallest absolute Gasteiger partial charge is 0.308 e. The molecule has 0 fully saturated rings. The van der Waals surface area contributed by atoms with E-state index in [1.807, 2.05) is 30.1 Å². The lowest BCUT2D eigenvalue weighted by Gasteiger charge is -2.23. The first-order chi connectivity index (χ1) is 14.8. The molecule has 0 radical (unpaired) electrons. The lowest BCUT2D eigenvalue weighted by atomic mass is 9.83. The minimum atomic E-state index is -0.536. The highest BCUT2D eigenvalue weighted by atomic mass is 32.1. The first kappa shape index (κ1) is 21.0. The Hall–Kier alpha value is -3.26. The van der Waals surface area contributed by atoms with Gasteiger partial charge in [-0.1, -0.05) is 32.0 Å². The number of carbonyl (C=O) groups is 2. The minimum absolute atomic E-state index is 0.0160. The number of hydrogen-bond acceptors (Lipinski definition) is 7. The predicted molar refractivity (Wildman–Crippen MR) is 120 cm³/mol. The van der Waals surface area contributed by atoms with Gasteiger partial charge in [0.05, 0.1) is 18.1 Å².